The van der Waals surface area contributed by atoms with Crippen LogP contribution in [0, 0.1) is 0 Å². The molecule has 12 aromatic rings. The summed E-state index contributed by atoms with van der Waals surface area (Å²) < 4.78 is 5.23. The van der Waals surface area contributed by atoms with Gasteiger partial charge in [-0.25, -0.2) is 0 Å². The van der Waals surface area contributed by atoms with Gasteiger partial charge in [-0.15, -0.1) is 11.3 Å². The summed E-state index contributed by atoms with van der Waals surface area (Å²) in [5.41, 5.74) is 15.0. The summed E-state index contributed by atoms with van der Waals surface area (Å²) in [6.07, 6.45) is 0. The predicted molar refractivity (Wildman–Crippen MR) is 240 cm³/mol. The van der Waals surface area contributed by atoms with E-state index in [4.69, 9.17) is 0 Å². The Kier molecular flexibility index (Phi) is 5.88. The summed E-state index contributed by atoms with van der Waals surface area (Å²) in [7, 11) is 0. The van der Waals surface area contributed by atoms with Crippen molar-refractivity contribution in [2.75, 3.05) is 4.90 Å². The van der Waals surface area contributed by atoms with Crippen molar-refractivity contribution in [3.8, 4) is 22.3 Å². The molecule has 2 nitrogen and oxygen atoms in total. The van der Waals surface area contributed by atoms with E-state index in [1.807, 2.05) is 11.3 Å². The van der Waals surface area contributed by atoms with Crippen molar-refractivity contribution >= 4 is 97.4 Å². The Labute approximate surface area is 327 Å². The number of anilines is 3. The Morgan fingerprint density at radius 2 is 1.16 bits per heavy atom. The average molecular weight is 731 g/mol. The first-order valence-electron chi connectivity index (χ1n) is 19.5. The van der Waals surface area contributed by atoms with Crippen LogP contribution in [0.4, 0.5) is 17.1 Å². The number of aromatic nitrogens is 1. The van der Waals surface area contributed by atoms with Gasteiger partial charge in [-0.3, -0.25) is 0 Å². The highest BCUT2D eigenvalue weighted by molar-refractivity contribution is 7.26. The molecule has 0 bridgehead atoms. The number of thiophene rings is 1. The van der Waals surface area contributed by atoms with E-state index in [9.17, 15) is 0 Å². The van der Waals surface area contributed by atoms with Crippen molar-refractivity contribution in [1.29, 1.82) is 0 Å². The molecule has 1 aliphatic rings. The molecule has 0 spiro atoms. The molecule has 0 amide bonds. The number of para-hydroxylation sites is 1. The Morgan fingerprint density at radius 3 is 2.04 bits per heavy atom. The van der Waals surface area contributed by atoms with E-state index >= 15 is 0 Å². The highest BCUT2D eigenvalue weighted by atomic mass is 32.1. The molecular formula is C53H34N2S. The van der Waals surface area contributed by atoms with Gasteiger partial charge in [0.15, 0.2) is 0 Å². The molecule has 0 radical (unpaired) electrons. The molecule has 0 unspecified atom stereocenters. The van der Waals surface area contributed by atoms with Crippen molar-refractivity contribution < 1.29 is 0 Å². The molecule has 3 heteroatoms. The highest BCUT2D eigenvalue weighted by Crippen LogP contribution is 2.55. The van der Waals surface area contributed by atoms with Gasteiger partial charge in [0.2, 0.25) is 0 Å². The first-order chi connectivity index (χ1) is 27.5. The van der Waals surface area contributed by atoms with Crippen LogP contribution in [-0.2, 0) is 5.41 Å². The number of hydrogen-bond acceptors (Lipinski definition) is 2. The highest BCUT2D eigenvalue weighted by Gasteiger charge is 2.36. The molecule has 3 heterocycles. The van der Waals surface area contributed by atoms with Gasteiger partial charge in [0.25, 0.3) is 0 Å². The third-order valence-electron chi connectivity index (χ3n) is 12.9. The van der Waals surface area contributed by atoms with E-state index < -0.39 is 0 Å². The lowest BCUT2D eigenvalue weighted by molar-refractivity contribution is 0.660. The zero-order valence-electron chi connectivity index (χ0n) is 31.0. The minimum Gasteiger partial charge on any atom is -0.310 e. The normalized spacial score (nSPS) is 13.7. The summed E-state index contributed by atoms with van der Waals surface area (Å²) >= 11 is 1.93. The summed E-state index contributed by atoms with van der Waals surface area (Å²) in [4.78, 5) is 2.54. The molecule has 0 fully saturated rings. The van der Waals surface area contributed by atoms with Gasteiger partial charge in [0.1, 0.15) is 0 Å². The lowest BCUT2D eigenvalue weighted by Crippen LogP contribution is -2.16. The summed E-state index contributed by atoms with van der Waals surface area (Å²) in [6.45, 7) is 4.76. The van der Waals surface area contributed by atoms with Gasteiger partial charge in [-0.1, -0.05) is 135 Å². The predicted octanol–water partition coefficient (Wildman–Crippen LogP) is 15.2. The fourth-order valence-corrected chi connectivity index (χ4v) is 11.5. The SMILES string of the molecule is CC1(C)c2ccccc2-c2ccc(N(c3ccc(-c4ccccc4)cc3)c3cc4sc5ccc6ccc7cccc8c7c6c5c4c4c3c3ccccc3n84)cc21. The maximum Gasteiger partial charge on any atom is 0.0655 e. The van der Waals surface area contributed by atoms with Crippen LogP contribution in [0.2, 0.25) is 0 Å². The zero-order valence-corrected chi connectivity index (χ0v) is 31.8. The van der Waals surface area contributed by atoms with E-state index in [2.05, 4.69) is 193 Å². The van der Waals surface area contributed by atoms with Crippen LogP contribution >= 0.6 is 11.3 Å². The largest absolute Gasteiger partial charge is 0.310 e. The molecule has 262 valence electrons. The van der Waals surface area contributed by atoms with Crippen LogP contribution in [0.5, 0.6) is 0 Å². The Balaban J connectivity index is 1.19. The lowest BCUT2D eigenvalue weighted by atomic mass is 9.82. The smallest absolute Gasteiger partial charge is 0.0655 e. The second-order valence-corrected chi connectivity index (χ2v) is 17.2. The van der Waals surface area contributed by atoms with Crippen LogP contribution in [0.1, 0.15) is 25.0 Å². The molecule has 56 heavy (non-hydrogen) atoms. The first kappa shape index (κ1) is 30.6. The topological polar surface area (TPSA) is 7.65 Å². The van der Waals surface area contributed by atoms with Gasteiger partial charge in [0, 0.05) is 58.5 Å². The van der Waals surface area contributed by atoms with Crippen molar-refractivity contribution in [3.05, 3.63) is 181 Å². The number of benzene rings is 9. The molecule has 0 atom stereocenters. The Morgan fingerprint density at radius 1 is 0.464 bits per heavy atom. The summed E-state index contributed by atoms with van der Waals surface area (Å²) in [6, 6.07) is 63.7. The third kappa shape index (κ3) is 3.85. The maximum atomic E-state index is 2.59. The molecule has 0 saturated carbocycles. The summed E-state index contributed by atoms with van der Waals surface area (Å²) in [5, 5.41) is 10.6. The standard InChI is InChI=1S/C53H34N2S/c1-53(2)40-16-8-6-14-37(40)38-27-26-36(29-41(38)53)54(35-24-21-32(22-25-35)31-11-4-3-5-12-31)44-30-46-51-50-45(56-46)28-23-34-20-19-33-13-10-18-43(47(33)48(34)50)55-42-17-9-7-15-39(42)49(44)52(51)55/h3-30H,1-2H3. The average Bonchev–Trinajstić information content (AvgIpc) is 3.83. The fraction of sp³-hybridized carbons (Fsp3) is 0.0566. The molecular weight excluding hydrogens is 697 g/mol. The van der Waals surface area contributed by atoms with Crippen LogP contribution in [-0.4, -0.2) is 4.40 Å². The van der Waals surface area contributed by atoms with Gasteiger partial charge in [-0.05, 0) is 92.7 Å². The molecule has 0 aliphatic heterocycles. The second-order valence-electron chi connectivity index (χ2n) is 16.1. The number of nitrogens with zero attached hydrogens (tertiary/aromatic N) is 2. The van der Waals surface area contributed by atoms with E-state index in [0.717, 1.165) is 5.69 Å². The maximum absolute atomic E-state index is 2.59. The quantitative estimate of drug-likeness (QED) is 0.164. The minimum atomic E-state index is -0.125. The van der Waals surface area contributed by atoms with Gasteiger partial charge < -0.3 is 9.30 Å². The van der Waals surface area contributed by atoms with Crippen molar-refractivity contribution in [2.24, 2.45) is 0 Å². The molecule has 13 rings (SSSR count). The van der Waals surface area contributed by atoms with Crippen LogP contribution in [0.15, 0.2) is 170 Å². The zero-order chi connectivity index (χ0) is 36.9. The molecule has 1 aliphatic carbocycles. The van der Waals surface area contributed by atoms with Crippen LogP contribution < -0.4 is 4.90 Å². The van der Waals surface area contributed by atoms with Gasteiger partial charge in [-0.2, -0.15) is 0 Å². The number of rotatable bonds is 4. The first-order valence-corrected chi connectivity index (χ1v) is 20.3. The van der Waals surface area contributed by atoms with Gasteiger partial charge >= 0.3 is 0 Å². The molecule has 3 aromatic heterocycles. The monoisotopic (exact) mass is 730 g/mol. The van der Waals surface area contributed by atoms with E-state index in [0.29, 0.717) is 0 Å². The lowest BCUT2D eigenvalue weighted by Gasteiger charge is -2.29. The van der Waals surface area contributed by atoms with Crippen molar-refractivity contribution in [1.82, 2.24) is 4.40 Å². The molecule has 0 saturated heterocycles. The molecule has 9 aromatic carbocycles. The van der Waals surface area contributed by atoms with Gasteiger partial charge in [0.05, 0.1) is 22.2 Å². The minimum absolute atomic E-state index is 0.125. The Hall–Kier alpha value is -6.68. The van der Waals surface area contributed by atoms with Crippen LogP contribution in [0.3, 0.4) is 0 Å². The number of fused-ring (bicyclic) bond motifs is 7. The van der Waals surface area contributed by atoms with E-state index in [1.54, 1.807) is 0 Å². The second kappa shape index (κ2) is 10.8. The van der Waals surface area contributed by atoms with Crippen molar-refractivity contribution in [3.63, 3.8) is 0 Å². The van der Waals surface area contributed by atoms with Crippen molar-refractivity contribution in [2.45, 2.75) is 19.3 Å². The van der Waals surface area contributed by atoms with E-state index in [-0.39, 0.29) is 5.41 Å². The third-order valence-corrected chi connectivity index (χ3v) is 14.0. The summed E-state index contributed by atoms with van der Waals surface area (Å²) in [5.74, 6) is 0. The van der Waals surface area contributed by atoms with E-state index in [1.165, 1.54) is 114 Å². The Bertz CT molecular complexity index is 3550. The number of hydrogen-bond donors (Lipinski definition) is 0. The van der Waals surface area contributed by atoms with Crippen LogP contribution in [0.25, 0.3) is 91.3 Å². The fourth-order valence-electron chi connectivity index (χ4n) is 10.4. The molecule has 0 N–H and O–H groups in total.